The summed E-state index contributed by atoms with van der Waals surface area (Å²) in [6.45, 7) is 0. The summed E-state index contributed by atoms with van der Waals surface area (Å²) >= 11 is 1.83. The smallest absolute Gasteiger partial charge is 0.165 e. The molecule has 0 N–H and O–H groups in total. The maximum Gasteiger partial charge on any atom is 0.165 e. The van der Waals surface area contributed by atoms with Gasteiger partial charge in [0.2, 0.25) is 0 Å². The first kappa shape index (κ1) is 33.0. The molecular formula is C54H33N3S. The van der Waals surface area contributed by atoms with Crippen molar-refractivity contribution in [1.29, 1.82) is 0 Å². The largest absolute Gasteiger partial charge is 0.208 e. The highest BCUT2D eigenvalue weighted by molar-refractivity contribution is 7.99. The Balaban J connectivity index is 1.07. The van der Waals surface area contributed by atoms with Crippen molar-refractivity contribution >= 4 is 33.3 Å². The number of hydrogen-bond acceptors (Lipinski definition) is 4. The predicted octanol–water partition coefficient (Wildman–Crippen LogP) is 13.7. The molecule has 0 amide bonds. The van der Waals surface area contributed by atoms with Crippen molar-refractivity contribution in [2.45, 2.75) is 15.2 Å². The van der Waals surface area contributed by atoms with Crippen molar-refractivity contribution in [1.82, 2.24) is 15.0 Å². The quantitative estimate of drug-likeness (QED) is 0.179. The van der Waals surface area contributed by atoms with E-state index < -0.39 is 5.41 Å². The number of fused-ring (bicyclic) bond motifs is 11. The molecule has 0 saturated carbocycles. The number of aromatic nitrogens is 3. The van der Waals surface area contributed by atoms with Crippen LogP contribution in [0, 0.1) is 0 Å². The van der Waals surface area contributed by atoms with Gasteiger partial charge in [-0.2, -0.15) is 0 Å². The van der Waals surface area contributed by atoms with Gasteiger partial charge in [-0.1, -0.05) is 194 Å². The van der Waals surface area contributed by atoms with Gasteiger partial charge >= 0.3 is 0 Å². The minimum atomic E-state index is -0.528. The molecule has 2 heterocycles. The topological polar surface area (TPSA) is 38.7 Å². The fraction of sp³-hybridized carbons (Fsp3) is 0.0185. The third-order valence-corrected chi connectivity index (χ3v) is 13.2. The van der Waals surface area contributed by atoms with Crippen LogP contribution >= 0.6 is 11.8 Å². The minimum Gasteiger partial charge on any atom is -0.208 e. The van der Waals surface area contributed by atoms with Gasteiger partial charge in [-0.05, 0) is 84.3 Å². The first-order valence-corrected chi connectivity index (χ1v) is 20.5. The van der Waals surface area contributed by atoms with Gasteiger partial charge in [0, 0.05) is 26.5 Å². The van der Waals surface area contributed by atoms with E-state index in [-0.39, 0.29) is 0 Å². The highest BCUT2D eigenvalue weighted by atomic mass is 32.2. The van der Waals surface area contributed by atoms with E-state index in [0.29, 0.717) is 17.5 Å². The van der Waals surface area contributed by atoms with Gasteiger partial charge in [0.05, 0.1) is 5.41 Å². The van der Waals surface area contributed by atoms with Gasteiger partial charge in [-0.15, -0.1) is 0 Å². The summed E-state index contributed by atoms with van der Waals surface area (Å²) < 4.78 is 0. The number of hydrogen-bond donors (Lipinski definition) is 0. The zero-order valence-corrected chi connectivity index (χ0v) is 32.1. The molecule has 0 bridgehead atoms. The summed E-state index contributed by atoms with van der Waals surface area (Å²) in [5.74, 6) is 1.95. The Morgan fingerprint density at radius 1 is 0.310 bits per heavy atom. The van der Waals surface area contributed by atoms with Crippen LogP contribution in [0.25, 0.3) is 78.0 Å². The normalized spacial score (nSPS) is 13.2. The third-order valence-electron chi connectivity index (χ3n) is 12.0. The average molecular weight is 756 g/mol. The number of benzene rings is 9. The molecule has 1 aromatic heterocycles. The summed E-state index contributed by atoms with van der Waals surface area (Å²) in [5, 5.41) is 4.93. The van der Waals surface area contributed by atoms with E-state index in [0.717, 1.165) is 22.3 Å². The fourth-order valence-corrected chi connectivity index (χ4v) is 10.6. The first-order chi connectivity index (χ1) is 28.7. The Hall–Kier alpha value is -7.14. The molecule has 270 valence electrons. The molecule has 12 rings (SSSR count). The monoisotopic (exact) mass is 755 g/mol. The van der Waals surface area contributed by atoms with E-state index >= 15 is 0 Å². The molecule has 9 aromatic carbocycles. The SMILES string of the molecule is c1ccc(-c2nc(-c3ccc(-c4ccc5ccccc5c4)cc3)nc(-c3cccc4c3Sc3cc5ccccc5cc3C43c4ccccc4-c4ccccc43)n2)cc1. The van der Waals surface area contributed by atoms with Crippen LogP contribution in [0.5, 0.6) is 0 Å². The fourth-order valence-electron chi connectivity index (χ4n) is 9.31. The molecule has 0 saturated heterocycles. The van der Waals surface area contributed by atoms with Gasteiger partial charge in [-0.25, -0.2) is 15.0 Å². The van der Waals surface area contributed by atoms with Crippen LogP contribution in [0.1, 0.15) is 22.3 Å². The van der Waals surface area contributed by atoms with Gasteiger partial charge in [0.1, 0.15) is 0 Å². The van der Waals surface area contributed by atoms with E-state index in [1.807, 2.05) is 30.0 Å². The maximum absolute atomic E-state index is 5.32. The van der Waals surface area contributed by atoms with E-state index in [4.69, 9.17) is 15.0 Å². The van der Waals surface area contributed by atoms with Crippen molar-refractivity contribution in [3.63, 3.8) is 0 Å². The molecule has 4 heteroatoms. The molecule has 0 unspecified atom stereocenters. The summed E-state index contributed by atoms with van der Waals surface area (Å²) in [7, 11) is 0. The van der Waals surface area contributed by atoms with Crippen LogP contribution in [-0.2, 0) is 5.41 Å². The number of rotatable bonds is 4. The second-order valence-corrected chi connectivity index (χ2v) is 16.2. The van der Waals surface area contributed by atoms with E-state index in [1.54, 1.807) is 0 Å². The zero-order valence-electron chi connectivity index (χ0n) is 31.3. The highest BCUT2D eigenvalue weighted by Gasteiger charge is 2.50. The summed E-state index contributed by atoms with van der Waals surface area (Å²) in [6.07, 6.45) is 0. The van der Waals surface area contributed by atoms with E-state index in [2.05, 4.69) is 182 Å². The summed E-state index contributed by atoms with van der Waals surface area (Å²) in [5.41, 5.74) is 12.4. The lowest BCUT2D eigenvalue weighted by Gasteiger charge is -2.40. The average Bonchev–Trinajstić information content (AvgIpc) is 3.59. The second kappa shape index (κ2) is 13.0. The van der Waals surface area contributed by atoms with Gasteiger partial charge in [-0.3, -0.25) is 0 Å². The molecular weight excluding hydrogens is 723 g/mol. The van der Waals surface area contributed by atoms with Crippen LogP contribution in [0.15, 0.2) is 210 Å². The summed E-state index contributed by atoms with van der Waals surface area (Å²) in [6, 6.07) is 72.2. The third kappa shape index (κ3) is 4.98. The molecule has 0 radical (unpaired) electrons. The lowest BCUT2D eigenvalue weighted by molar-refractivity contribution is 0.724. The Labute approximate surface area is 340 Å². The predicted molar refractivity (Wildman–Crippen MR) is 238 cm³/mol. The van der Waals surface area contributed by atoms with Crippen LogP contribution in [0.2, 0.25) is 0 Å². The standard InChI is InChI=1S/C54H33N3S/c1-2-14-36(15-3-1)51-55-52(37-28-25-35(26-29-37)41-30-27-34-13-4-5-16-38(34)31-41)57-53(56-51)44-21-12-24-47-50(44)58-49-33-40-18-7-6-17-39(40)32-48(49)54(47)45-22-10-8-19-42(45)43-20-9-11-23-46(43)54/h1-33H. The van der Waals surface area contributed by atoms with Gasteiger partial charge in [0.15, 0.2) is 17.5 Å². The zero-order chi connectivity index (χ0) is 38.2. The van der Waals surface area contributed by atoms with Crippen molar-refractivity contribution in [3.05, 3.63) is 222 Å². The Kier molecular flexibility index (Phi) is 7.38. The molecule has 1 aliphatic carbocycles. The lowest BCUT2D eigenvalue weighted by atomic mass is 9.66. The van der Waals surface area contributed by atoms with Crippen molar-refractivity contribution in [2.75, 3.05) is 0 Å². The van der Waals surface area contributed by atoms with Crippen molar-refractivity contribution in [2.24, 2.45) is 0 Å². The first-order valence-electron chi connectivity index (χ1n) is 19.7. The van der Waals surface area contributed by atoms with Crippen LogP contribution < -0.4 is 0 Å². The summed E-state index contributed by atoms with van der Waals surface area (Å²) in [4.78, 5) is 18.1. The molecule has 1 spiro atoms. The molecule has 1 aliphatic heterocycles. The highest BCUT2D eigenvalue weighted by Crippen LogP contribution is 2.63. The number of nitrogens with zero attached hydrogens (tertiary/aromatic N) is 3. The van der Waals surface area contributed by atoms with E-state index in [1.165, 1.54) is 70.3 Å². The van der Waals surface area contributed by atoms with Crippen molar-refractivity contribution < 1.29 is 0 Å². The molecule has 0 atom stereocenters. The van der Waals surface area contributed by atoms with Crippen LogP contribution in [0.4, 0.5) is 0 Å². The Morgan fingerprint density at radius 3 is 1.52 bits per heavy atom. The minimum absolute atomic E-state index is 0.528. The van der Waals surface area contributed by atoms with Gasteiger partial charge < -0.3 is 0 Å². The molecule has 10 aromatic rings. The molecule has 3 nitrogen and oxygen atoms in total. The van der Waals surface area contributed by atoms with Crippen LogP contribution in [-0.4, -0.2) is 15.0 Å². The van der Waals surface area contributed by atoms with Crippen molar-refractivity contribution in [3.8, 4) is 56.4 Å². The molecule has 58 heavy (non-hydrogen) atoms. The second-order valence-electron chi connectivity index (χ2n) is 15.1. The Bertz CT molecular complexity index is 3220. The van der Waals surface area contributed by atoms with E-state index in [9.17, 15) is 0 Å². The van der Waals surface area contributed by atoms with Gasteiger partial charge in [0.25, 0.3) is 0 Å². The lowest BCUT2D eigenvalue weighted by Crippen LogP contribution is -2.32. The van der Waals surface area contributed by atoms with Crippen LogP contribution in [0.3, 0.4) is 0 Å². The molecule has 2 aliphatic rings. The Morgan fingerprint density at radius 2 is 0.810 bits per heavy atom. The molecule has 0 fully saturated rings. The maximum atomic E-state index is 5.32.